The SMILES string of the molecule is Cc1cc(Br)ccc1Nc1cccc(Cl)c1[N+](=O)[O-]. The third kappa shape index (κ3) is 3.05. The van der Waals surface area contributed by atoms with E-state index in [0.29, 0.717) is 5.69 Å². The molecule has 0 amide bonds. The minimum atomic E-state index is -0.487. The number of para-hydroxylation sites is 1. The molecule has 0 aromatic heterocycles. The molecule has 19 heavy (non-hydrogen) atoms. The lowest BCUT2D eigenvalue weighted by Crippen LogP contribution is -1.99. The Morgan fingerprint density at radius 3 is 2.63 bits per heavy atom. The predicted molar refractivity (Wildman–Crippen MR) is 80.3 cm³/mol. The van der Waals surface area contributed by atoms with Gasteiger partial charge in [0.05, 0.1) is 4.92 Å². The highest BCUT2D eigenvalue weighted by Gasteiger charge is 2.18. The average molecular weight is 342 g/mol. The van der Waals surface area contributed by atoms with Crippen molar-refractivity contribution in [1.82, 2.24) is 0 Å². The minimum Gasteiger partial charge on any atom is -0.350 e. The van der Waals surface area contributed by atoms with Gasteiger partial charge in [-0.3, -0.25) is 10.1 Å². The Labute approximate surface area is 123 Å². The van der Waals surface area contributed by atoms with E-state index in [0.717, 1.165) is 15.7 Å². The van der Waals surface area contributed by atoms with Crippen LogP contribution in [0.5, 0.6) is 0 Å². The van der Waals surface area contributed by atoms with Gasteiger partial charge in [-0.1, -0.05) is 33.6 Å². The van der Waals surface area contributed by atoms with E-state index in [1.807, 2.05) is 25.1 Å². The average Bonchev–Trinajstić information content (AvgIpc) is 2.32. The van der Waals surface area contributed by atoms with Crippen molar-refractivity contribution in [2.45, 2.75) is 6.92 Å². The molecule has 2 aromatic carbocycles. The molecule has 0 unspecified atom stereocenters. The first kappa shape index (κ1) is 13.8. The van der Waals surface area contributed by atoms with Gasteiger partial charge in [0.15, 0.2) is 0 Å². The van der Waals surface area contributed by atoms with Crippen molar-refractivity contribution in [3.05, 3.63) is 61.6 Å². The fourth-order valence-corrected chi connectivity index (χ4v) is 2.43. The summed E-state index contributed by atoms with van der Waals surface area (Å²) in [5.41, 5.74) is 2.03. The molecule has 2 aromatic rings. The fourth-order valence-electron chi connectivity index (χ4n) is 1.71. The second-order valence-electron chi connectivity index (χ2n) is 3.98. The molecule has 0 heterocycles. The summed E-state index contributed by atoms with van der Waals surface area (Å²) in [4.78, 5) is 10.6. The summed E-state index contributed by atoms with van der Waals surface area (Å²) in [5.74, 6) is 0. The van der Waals surface area contributed by atoms with Crippen LogP contribution >= 0.6 is 27.5 Å². The van der Waals surface area contributed by atoms with Crippen LogP contribution in [0.15, 0.2) is 40.9 Å². The number of aryl methyl sites for hydroxylation is 1. The van der Waals surface area contributed by atoms with Crippen LogP contribution in [0.4, 0.5) is 17.1 Å². The normalized spacial score (nSPS) is 10.3. The van der Waals surface area contributed by atoms with Crippen LogP contribution in [0.2, 0.25) is 5.02 Å². The number of nitrogens with one attached hydrogen (secondary N) is 1. The number of rotatable bonds is 3. The van der Waals surface area contributed by atoms with Crippen LogP contribution in [-0.2, 0) is 0 Å². The molecule has 0 radical (unpaired) electrons. The van der Waals surface area contributed by atoms with Crippen LogP contribution in [0.1, 0.15) is 5.56 Å². The highest BCUT2D eigenvalue weighted by Crippen LogP contribution is 2.35. The summed E-state index contributed by atoms with van der Waals surface area (Å²) in [6.45, 7) is 1.92. The van der Waals surface area contributed by atoms with Crippen molar-refractivity contribution < 1.29 is 4.92 Å². The Morgan fingerprint density at radius 1 is 1.26 bits per heavy atom. The summed E-state index contributed by atoms with van der Waals surface area (Å²) in [5, 5.41) is 14.2. The first-order chi connectivity index (χ1) is 8.99. The highest BCUT2D eigenvalue weighted by atomic mass is 79.9. The maximum Gasteiger partial charge on any atom is 0.311 e. The summed E-state index contributed by atoms with van der Waals surface area (Å²) in [6, 6.07) is 10.4. The van der Waals surface area contributed by atoms with Gasteiger partial charge in [-0.15, -0.1) is 0 Å². The van der Waals surface area contributed by atoms with E-state index in [4.69, 9.17) is 11.6 Å². The Balaban J connectivity index is 2.44. The Bertz CT molecular complexity index is 647. The number of nitrogens with zero attached hydrogens (tertiary/aromatic N) is 1. The van der Waals surface area contributed by atoms with Crippen molar-refractivity contribution in [1.29, 1.82) is 0 Å². The van der Waals surface area contributed by atoms with Crippen LogP contribution in [-0.4, -0.2) is 4.92 Å². The number of nitro benzene ring substituents is 1. The first-order valence-electron chi connectivity index (χ1n) is 5.45. The number of nitro groups is 1. The molecule has 4 nitrogen and oxygen atoms in total. The van der Waals surface area contributed by atoms with Gasteiger partial charge in [0, 0.05) is 10.2 Å². The number of anilines is 2. The van der Waals surface area contributed by atoms with E-state index >= 15 is 0 Å². The van der Waals surface area contributed by atoms with Crippen LogP contribution in [0.3, 0.4) is 0 Å². The quantitative estimate of drug-likeness (QED) is 0.627. The fraction of sp³-hybridized carbons (Fsp3) is 0.0769. The molecule has 0 saturated carbocycles. The molecule has 0 fully saturated rings. The number of halogens is 2. The third-order valence-corrected chi connectivity index (χ3v) is 3.43. The van der Waals surface area contributed by atoms with E-state index in [-0.39, 0.29) is 10.7 Å². The van der Waals surface area contributed by atoms with Crippen molar-refractivity contribution in [2.24, 2.45) is 0 Å². The molecule has 98 valence electrons. The predicted octanol–water partition coefficient (Wildman–Crippen LogP) is 5.06. The number of benzene rings is 2. The Hall–Kier alpha value is -1.59. The Morgan fingerprint density at radius 2 is 2.00 bits per heavy atom. The maximum atomic E-state index is 11.0. The van der Waals surface area contributed by atoms with Gasteiger partial charge in [-0.25, -0.2) is 0 Å². The lowest BCUT2D eigenvalue weighted by molar-refractivity contribution is -0.383. The first-order valence-corrected chi connectivity index (χ1v) is 6.62. The molecule has 6 heteroatoms. The van der Waals surface area contributed by atoms with Crippen LogP contribution < -0.4 is 5.32 Å². The van der Waals surface area contributed by atoms with E-state index in [1.54, 1.807) is 12.1 Å². The van der Waals surface area contributed by atoms with E-state index in [2.05, 4.69) is 21.2 Å². The van der Waals surface area contributed by atoms with E-state index in [1.165, 1.54) is 6.07 Å². The van der Waals surface area contributed by atoms with Crippen LogP contribution in [0.25, 0.3) is 0 Å². The largest absolute Gasteiger partial charge is 0.350 e. The van der Waals surface area contributed by atoms with Gasteiger partial charge in [-0.2, -0.15) is 0 Å². The Kier molecular flexibility index (Phi) is 4.07. The lowest BCUT2D eigenvalue weighted by atomic mass is 10.2. The zero-order valence-electron chi connectivity index (χ0n) is 9.98. The zero-order chi connectivity index (χ0) is 14.0. The monoisotopic (exact) mass is 340 g/mol. The third-order valence-electron chi connectivity index (χ3n) is 2.63. The van der Waals surface area contributed by atoms with Crippen molar-refractivity contribution in [2.75, 3.05) is 5.32 Å². The summed E-state index contributed by atoms with van der Waals surface area (Å²) in [7, 11) is 0. The summed E-state index contributed by atoms with van der Waals surface area (Å²) >= 11 is 9.24. The van der Waals surface area contributed by atoms with Crippen LogP contribution in [0, 0.1) is 17.0 Å². The molecule has 0 spiro atoms. The second-order valence-corrected chi connectivity index (χ2v) is 5.30. The van der Waals surface area contributed by atoms with Gasteiger partial charge < -0.3 is 5.32 Å². The molecule has 1 N–H and O–H groups in total. The number of hydrogen-bond donors (Lipinski definition) is 1. The molecule has 2 rings (SSSR count). The van der Waals surface area contributed by atoms with Gasteiger partial charge in [0.1, 0.15) is 10.7 Å². The molecular weight excluding hydrogens is 332 g/mol. The second kappa shape index (κ2) is 5.59. The molecule has 0 bridgehead atoms. The van der Waals surface area contributed by atoms with Crippen molar-refractivity contribution in [3.8, 4) is 0 Å². The maximum absolute atomic E-state index is 11.0. The summed E-state index contributed by atoms with van der Waals surface area (Å²) in [6.07, 6.45) is 0. The van der Waals surface area contributed by atoms with E-state index in [9.17, 15) is 10.1 Å². The smallest absolute Gasteiger partial charge is 0.311 e. The molecule has 0 aliphatic rings. The standard InChI is InChI=1S/C13H10BrClN2O2/c1-8-7-9(14)5-6-11(8)16-12-4-2-3-10(15)13(12)17(18)19/h2-7,16H,1H3. The van der Waals surface area contributed by atoms with Gasteiger partial charge in [-0.05, 0) is 42.8 Å². The molecule has 0 aliphatic carbocycles. The van der Waals surface area contributed by atoms with E-state index < -0.39 is 4.92 Å². The van der Waals surface area contributed by atoms with Gasteiger partial charge in [0.2, 0.25) is 0 Å². The molecular formula is C13H10BrClN2O2. The molecule has 0 atom stereocenters. The van der Waals surface area contributed by atoms with Gasteiger partial charge >= 0.3 is 5.69 Å². The highest BCUT2D eigenvalue weighted by molar-refractivity contribution is 9.10. The topological polar surface area (TPSA) is 55.2 Å². The molecule has 0 saturated heterocycles. The zero-order valence-corrected chi connectivity index (χ0v) is 12.3. The van der Waals surface area contributed by atoms with Crippen molar-refractivity contribution >= 4 is 44.6 Å². The molecule has 0 aliphatic heterocycles. The van der Waals surface area contributed by atoms with Gasteiger partial charge in [0.25, 0.3) is 0 Å². The van der Waals surface area contributed by atoms with Crippen molar-refractivity contribution in [3.63, 3.8) is 0 Å². The minimum absolute atomic E-state index is 0.116. The number of hydrogen-bond acceptors (Lipinski definition) is 3. The lowest BCUT2D eigenvalue weighted by Gasteiger charge is -2.10. The summed E-state index contributed by atoms with van der Waals surface area (Å²) < 4.78 is 0.955.